The van der Waals surface area contributed by atoms with Crippen molar-refractivity contribution in [2.45, 2.75) is 26.8 Å². The number of carbonyl (C=O) groups excluding carboxylic acids is 1. The molecule has 2 heterocycles. The van der Waals surface area contributed by atoms with Crippen LogP contribution in [0.15, 0.2) is 23.0 Å². The molecular weight excluding hydrogens is 306 g/mol. The van der Waals surface area contributed by atoms with Crippen molar-refractivity contribution in [2.24, 2.45) is 0 Å². The quantitative estimate of drug-likeness (QED) is 0.848. The Hall–Kier alpha value is -1.59. The molecule has 21 heavy (non-hydrogen) atoms. The van der Waals surface area contributed by atoms with Crippen LogP contribution >= 0.6 is 22.9 Å². The average molecular weight is 324 g/mol. The first-order valence-electron chi connectivity index (χ1n) is 6.81. The van der Waals surface area contributed by atoms with Gasteiger partial charge < -0.3 is 10.6 Å². The Morgan fingerprint density at radius 3 is 2.86 bits per heavy atom. The van der Waals surface area contributed by atoms with Crippen LogP contribution in [0.3, 0.4) is 0 Å². The highest BCUT2D eigenvalue weighted by atomic mass is 35.5. The Morgan fingerprint density at radius 2 is 2.24 bits per heavy atom. The SMILES string of the molecule is CCCNc1ncc(C(=O)NCc2cscc2C)cc1Cl. The van der Waals surface area contributed by atoms with E-state index in [-0.39, 0.29) is 5.91 Å². The summed E-state index contributed by atoms with van der Waals surface area (Å²) < 4.78 is 0. The molecule has 0 aliphatic carbocycles. The van der Waals surface area contributed by atoms with E-state index in [9.17, 15) is 4.79 Å². The standard InChI is InChI=1S/C15H18ClN3OS/c1-3-4-17-14-13(16)5-11(6-18-14)15(20)19-7-12-9-21-8-10(12)2/h5-6,8-9H,3-4,7H2,1-2H3,(H,17,18)(H,19,20). The number of thiophene rings is 1. The van der Waals surface area contributed by atoms with E-state index in [4.69, 9.17) is 11.6 Å². The number of aromatic nitrogens is 1. The van der Waals surface area contributed by atoms with Crippen LogP contribution in [0.1, 0.15) is 34.8 Å². The van der Waals surface area contributed by atoms with Gasteiger partial charge in [-0.2, -0.15) is 11.3 Å². The first-order chi connectivity index (χ1) is 10.1. The van der Waals surface area contributed by atoms with E-state index in [0.717, 1.165) is 18.5 Å². The van der Waals surface area contributed by atoms with Crippen LogP contribution in [0.25, 0.3) is 0 Å². The molecule has 0 saturated carbocycles. The van der Waals surface area contributed by atoms with Crippen molar-refractivity contribution < 1.29 is 4.79 Å². The second-order valence-corrected chi connectivity index (χ2v) is 5.89. The molecule has 0 fully saturated rings. The third-order valence-electron chi connectivity index (χ3n) is 3.05. The van der Waals surface area contributed by atoms with E-state index < -0.39 is 0 Å². The van der Waals surface area contributed by atoms with Gasteiger partial charge >= 0.3 is 0 Å². The van der Waals surface area contributed by atoms with Gasteiger partial charge in [0.05, 0.1) is 10.6 Å². The van der Waals surface area contributed by atoms with Crippen LogP contribution in [0.4, 0.5) is 5.82 Å². The first kappa shape index (κ1) is 15.8. The molecule has 0 unspecified atom stereocenters. The molecule has 0 radical (unpaired) electrons. The molecule has 4 nitrogen and oxygen atoms in total. The topological polar surface area (TPSA) is 54.0 Å². The molecule has 0 atom stereocenters. The minimum atomic E-state index is -0.169. The third kappa shape index (κ3) is 4.19. The lowest BCUT2D eigenvalue weighted by atomic mass is 10.2. The maximum atomic E-state index is 12.1. The van der Waals surface area contributed by atoms with Crippen molar-refractivity contribution in [3.63, 3.8) is 0 Å². The predicted octanol–water partition coefficient (Wildman–Crippen LogP) is 3.86. The minimum Gasteiger partial charge on any atom is -0.369 e. The first-order valence-corrected chi connectivity index (χ1v) is 8.13. The summed E-state index contributed by atoms with van der Waals surface area (Å²) in [4.78, 5) is 16.3. The molecule has 2 aromatic heterocycles. The highest BCUT2D eigenvalue weighted by Gasteiger charge is 2.10. The zero-order valence-corrected chi connectivity index (χ0v) is 13.6. The highest BCUT2D eigenvalue weighted by Crippen LogP contribution is 2.20. The van der Waals surface area contributed by atoms with E-state index in [1.54, 1.807) is 23.6 Å². The third-order valence-corrected chi connectivity index (χ3v) is 4.25. The van der Waals surface area contributed by atoms with Crippen LogP contribution in [-0.2, 0) is 6.54 Å². The minimum absolute atomic E-state index is 0.169. The zero-order valence-electron chi connectivity index (χ0n) is 12.1. The largest absolute Gasteiger partial charge is 0.369 e. The van der Waals surface area contributed by atoms with E-state index in [1.165, 1.54) is 5.56 Å². The van der Waals surface area contributed by atoms with Crippen LogP contribution in [-0.4, -0.2) is 17.4 Å². The van der Waals surface area contributed by atoms with Crippen molar-refractivity contribution >= 4 is 34.7 Å². The molecule has 1 amide bonds. The van der Waals surface area contributed by atoms with Crippen molar-refractivity contribution in [3.05, 3.63) is 44.7 Å². The molecular formula is C15H18ClN3OS. The van der Waals surface area contributed by atoms with Gasteiger partial charge in [0.2, 0.25) is 0 Å². The average Bonchev–Trinajstić information content (AvgIpc) is 2.88. The number of nitrogens with one attached hydrogen (secondary N) is 2. The summed E-state index contributed by atoms with van der Waals surface area (Å²) in [6, 6.07) is 1.64. The molecule has 2 rings (SSSR count). The smallest absolute Gasteiger partial charge is 0.253 e. The summed E-state index contributed by atoms with van der Waals surface area (Å²) in [6.07, 6.45) is 2.53. The number of amides is 1. The number of pyridine rings is 1. The van der Waals surface area contributed by atoms with E-state index in [1.807, 2.05) is 12.3 Å². The van der Waals surface area contributed by atoms with Gasteiger partial charge in [-0.1, -0.05) is 18.5 Å². The molecule has 0 saturated heterocycles. The van der Waals surface area contributed by atoms with E-state index in [0.29, 0.717) is 22.9 Å². The Balaban J connectivity index is 1.99. The maximum absolute atomic E-state index is 12.1. The number of hydrogen-bond donors (Lipinski definition) is 2. The summed E-state index contributed by atoms with van der Waals surface area (Å²) in [5.74, 6) is 0.445. The van der Waals surface area contributed by atoms with Crippen LogP contribution in [0.2, 0.25) is 5.02 Å². The second kappa shape index (κ2) is 7.43. The zero-order chi connectivity index (χ0) is 15.2. The summed E-state index contributed by atoms with van der Waals surface area (Å²) in [7, 11) is 0. The van der Waals surface area contributed by atoms with Gasteiger partial charge in [-0.15, -0.1) is 0 Å². The predicted molar refractivity (Wildman–Crippen MR) is 88.3 cm³/mol. The Kier molecular flexibility index (Phi) is 5.59. The van der Waals surface area contributed by atoms with Gasteiger partial charge in [-0.05, 0) is 41.3 Å². The number of hydrogen-bond acceptors (Lipinski definition) is 4. The van der Waals surface area contributed by atoms with Crippen molar-refractivity contribution in [3.8, 4) is 0 Å². The molecule has 0 bridgehead atoms. The Bertz CT molecular complexity index is 627. The van der Waals surface area contributed by atoms with Crippen molar-refractivity contribution in [2.75, 3.05) is 11.9 Å². The second-order valence-electron chi connectivity index (χ2n) is 4.74. The van der Waals surface area contributed by atoms with E-state index >= 15 is 0 Å². The van der Waals surface area contributed by atoms with Gasteiger partial charge in [-0.3, -0.25) is 4.79 Å². The van der Waals surface area contributed by atoms with Gasteiger partial charge in [0.1, 0.15) is 5.82 Å². The summed E-state index contributed by atoms with van der Waals surface area (Å²) in [5, 5.41) is 10.6. The summed E-state index contributed by atoms with van der Waals surface area (Å²) in [5.41, 5.74) is 2.79. The lowest BCUT2D eigenvalue weighted by Gasteiger charge is -2.08. The van der Waals surface area contributed by atoms with Gasteiger partial charge in [0, 0.05) is 19.3 Å². The molecule has 2 N–H and O–H groups in total. The normalized spacial score (nSPS) is 10.4. The Morgan fingerprint density at radius 1 is 1.43 bits per heavy atom. The van der Waals surface area contributed by atoms with Crippen molar-refractivity contribution in [1.29, 1.82) is 0 Å². The molecule has 0 aliphatic heterocycles. The summed E-state index contributed by atoms with van der Waals surface area (Å²) in [6.45, 7) is 5.41. The molecule has 6 heteroatoms. The fraction of sp³-hybridized carbons (Fsp3) is 0.333. The number of nitrogens with zero attached hydrogens (tertiary/aromatic N) is 1. The number of aryl methyl sites for hydroxylation is 1. The van der Waals surface area contributed by atoms with E-state index in [2.05, 4.69) is 27.9 Å². The van der Waals surface area contributed by atoms with Crippen LogP contribution < -0.4 is 10.6 Å². The Labute approximate surface area is 133 Å². The number of halogens is 1. The lowest BCUT2D eigenvalue weighted by molar-refractivity contribution is 0.0950. The maximum Gasteiger partial charge on any atom is 0.253 e. The number of rotatable bonds is 6. The van der Waals surface area contributed by atoms with Gasteiger partial charge in [0.15, 0.2) is 0 Å². The highest BCUT2D eigenvalue weighted by molar-refractivity contribution is 7.08. The fourth-order valence-corrected chi connectivity index (χ4v) is 2.87. The molecule has 0 aliphatic rings. The molecule has 0 aromatic carbocycles. The van der Waals surface area contributed by atoms with Gasteiger partial charge in [-0.25, -0.2) is 4.98 Å². The molecule has 0 spiro atoms. The summed E-state index contributed by atoms with van der Waals surface area (Å²) >= 11 is 7.76. The van der Waals surface area contributed by atoms with Gasteiger partial charge in [0.25, 0.3) is 5.91 Å². The molecule has 112 valence electrons. The van der Waals surface area contributed by atoms with Crippen LogP contribution in [0.5, 0.6) is 0 Å². The lowest BCUT2D eigenvalue weighted by Crippen LogP contribution is -2.23. The number of anilines is 1. The fourth-order valence-electron chi connectivity index (χ4n) is 1.78. The molecule has 2 aromatic rings. The number of carbonyl (C=O) groups is 1. The van der Waals surface area contributed by atoms with Crippen molar-refractivity contribution in [1.82, 2.24) is 10.3 Å². The van der Waals surface area contributed by atoms with Crippen LogP contribution in [0, 0.1) is 6.92 Å². The monoisotopic (exact) mass is 323 g/mol.